The van der Waals surface area contributed by atoms with Crippen LogP contribution in [0, 0.1) is 13.8 Å². The molecular weight excluding hydrogens is 354 g/mol. The van der Waals surface area contributed by atoms with Gasteiger partial charge in [-0.05, 0) is 63.1 Å². The van der Waals surface area contributed by atoms with Crippen molar-refractivity contribution >= 4 is 17.4 Å². The number of hydrogen-bond donors (Lipinski definition) is 1. The zero-order valence-corrected chi connectivity index (χ0v) is 17.1. The van der Waals surface area contributed by atoms with Crippen molar-refractivity contribution < 1.29 is 14.3 Å². The zero-order valence-electron chi connectivity index (χ0n) is 17.1. The van der Waals surface area contributed by atoms with Gasteiger partial charge in [0.2, 0.25) is 5.91 Å². The van der Waals surface area contributed by atoms with E-state index >= 15 is 0 Å². The molecule has 2 aromatic rings. The Balaban J connectivity index is 1.47. The Hall–Kier alpha value is -2.60. The van der Waals surface area contributed by atoms with Gasteiger partial charge in [0.1, 0.15) is 11.6 Å². The molecule has 1 aliphatic heterocycles. The van der Waals surface area contributed by atoms with Gasteiger partial charge in [0.15, 0.2) is 0 Å². The molecule has 2 unspecified atom stereocenters. The molecule has 1 aromatic carbocycles. The third-order valence-electron chi connectivity index (χ3n) is 4.57. The predicted molar refractivity (Wildman–Crippen MR) is 111 cm³/mol. The minimum absolute atomic E-state index is 0.0902. The number of ether oxygens (including phenoxy) is 2. The number of pyridine rings is 1. The number of anilines is 2. The summed E-state index contributed by atoms with van der Waals surface area (Å²) < 4.78 is 11.5. The molecule has 150 valence electrons. The van der Waals surface area contributed by atoms with Gasteiger partial charge in [0.05, 0.1) is 37.1 Å². The lowest BCUT2D eigenvalue weighted by Crippen LogP contribution is -2.45. The molecule has 3 rings (SSSR count). The largest absolute Gasteiger partial charge is 0.493 e. The molecule has 6 heteroatoms. The number of nitrogens with zero attached hydrogens (tertiary/aromatic N) is 2. The Morgan fingerprint density at radius 3 is 2.46 bits per heavy atom. The monoisotopic (exact) mass is 383 g/mol. The van der Waals surface area contributed by atoms with Crippen LogP contribution in [0.2, 0.25) is 0 Å². The van der Waals surface area contributed by atoms with Gasteiger partial charge >= 0.3 is 0 Å². The molecule has 1 aliphatic rings. The molecule has 2 atom stereocenters. The molecule has 2 heterocycles. The number of morpholine rings is 1. The van der Waals surface area contributed by atoms with Crippen molar-refractivity contribution in [2.45, 2.75) is 46.3 Å². The Morgan fingerprint density at radius 1 is 1.18 bits per heavy atom. The molecule has 0 aliphatic carbocycles. The van der Waals surface area contributed by atoms with Crippen molar-refractivity contribution in [3.63, 3.8) is 0 Å². The third-order valence-corrected chi connectivity index (χ3v) is 4.57. The maximum atomic E-state index is 12.2. The summed E-state index contributed by atoms with van der Waals surface area (Å²) in [5.41, 5.74) is 2.99. The predicted octanol–water partition coefficient (Wildman–Crippen LogP) is 3.72. The fourth-order valence-electron chi connectivity index (χ4n) is 3.51. The highest BCUT2D eigenvalue weighted by Crippen LogP contribution is 2.20. The van der Waals surface area contributed by atoms with Crippen LogP contribution in [0.5, 0.6) is 5.75 Å². The molecule has 0 bridgehead atoms. The van der Waals surface area contributed by atoms with E-state index in [1.165, 1.54) is 0 Å². The Kier molecular flexibility index (Phi) is 6.52. The highest BCUT2D eigenvalue weighted by Gasteiger charge is 2.23. The molecule has 1 aromatic heterocycles. The summed E-state index contributed by atoms with van der Waals surface area (Å²) in [6.45, 7) is 10.2. The quantitative estimate of drug-likeness (QED) is 0.824. The van der Waals surface area contributed by atoms with Gasteiger partial charge in [0, 0.05) is 13.1 Å². The first-order valence-electron chi connectivity index (χ1n) is 9.76. The topological polar surface area (TPSA) is 63.7 Å². The summed E-state index contributed by atoms with van der Waals surface area (Å²) in [6.07, 6.45) is 2.35. The number of carbonyl (C=O) groups excluding carboxylic acids is 1. The molecule has 1 saturated heterocycles. The summed E-state index contributed by atoms with van der Waals surface area (Å²) >= 11 is 0. The maximum absolute atomic E-state index is 12.2. The number of aromatic nitrogens is 1. The van der Waals surface area contributed by atoms with Gasteiger partial charge in [0.25, 0.3) is 0 Å². The molecular formula is C22H29N3O3. The van der Waals surface area contributed by atoms with Gasteiger partial charge in [-0.3, -0.25) is 4.79 Å². The van der Waals surface area contributed by atoms with E-state index in [1.807, 2.05) is 38.1 Å². The summed E-state index contributed by atoms with van der Waals surface area (Å²) in [7, 11) is 0. The molecule has 6 nitrogen and oxygen atoms in total. The average Bonchev–Trinajstić information content (AvgIpc) is 2.60. The minimum Gasteiger partial charge on any atom is -0.493 e. The van der Waals surface area contributed by atoms with E-state index in [-0.39, 0.29) is 24.5 Å². The van der Waals surface area contributed by atoms with Gasteiger partial charge in [-0.2, -0.15) is 0 Å². The molecule has 1 N–H and O–H groups in total. The molecule has 1 fully saturated rings. The number of rotatable bonds is 6. The smallest absolute Gasteiger partial charge is 0.227 e. The number of carbonyl (C=O) groups is 1. The summed E-state index contributed by atoms with van der Waals surface area (Å²) in [5.74, 6) is 1.61. The number of benzene rings is 1. The SMILES string of the molecule is Cc1cc(C)cc(OCCC(=O)Nc2ccc(N3CC(C)OC(C)C3)nc2)c1. The second-order valence-electron chi connectivity index (χ2n) is 7.54. The van der Waals surface area contributed by atoms with Crippen LogP contribution in [-0.2, 0) is 9.53 Å². The van der Waals surface area contributed by atoms with E-state index in [4.69, 9.17) is 9.47 Å². The minimum atomic E-state index is -0.0902. The number of amides is 1. The van der Waals surface area contributed by atoms with Crippen LogP contribution in [0.25, 0.3) is 0 Å². The molecule has 28 heavy (non-hydrogen) atoms. The van der Waals surface area contributed by atoms with E-state index in [0.717, 1.165) is 35.8 Å². The Morgan fingerprint density at radius 2 is 1.86 bits per heavy atom. The highest BCUT2D eigenvalue weighted by molar-refractivity contribution is 5.90. The number of nitrogens with one attached hydrogen (secondary N) is 1. The fraction of sp³-hybridized carbons (Fsp3) is 0.455. The fourth-order valence-corrected chi connectivity index (χ4v) is 3.51. The van der Waals surface area contributed by atoms with Crippen LogP contribution in [0.15, 0.2) is 36.5 Å². The van der Waals surface area contributed by atoms with Crippen LogP contribution >= 0.6 is 0 Å². The first-order valence-corrected chi connectivity index (χ1v) is 9.76. The molecule has 0 radical (unpaired) electrons. The average molecular weight is 383 g/mol. The number of aryl methyl sites for hydroxylation is 2. The summed E-state index contributed by atoms with van der Waals surface area (Å²) in [5, 5.41) is 2.87. The van der Waals surface area contributed by atoms with Gasteiger partial charge in [-0.1, -0.05) is 6.07 Å². The second kappa shape index (κ2) is 9.06. The van der Waals surface area contributed by atoms with Crippen molar-refractivity contribution in [3.05, 3.63) is 47.7 Å². The second-order valence-corrected chi connectivity index (χ2v) is 7.54. The van der Waals surface area contributed by atoms with Gasteiger partial charge < -0.3 is 19.7 Å². The van der Waals surface area contributed by atoms with Gasteiger partial charge in [-0.15, -0.1) is 0 Å². The summed E-state index contributed by atoms with van der Waals surface area (Å²) in [4.78, 5) is 18.9. The number of hydrogen-bond acceptors (Lipinski definition) is 5. The zero-order chi connectivity index (χ0) is 20.1. The van der Waals surface area contributed by atoms with Gasteiger partial charge in [-0.25, -0.2) is 4.98 Å². The van der Waals surface area contributed by atoms with Crippen molar-refractivity contribution in [2.24, 2.45) is 0 Å². The van der Waals surface area contributed by atoms with Crippen molar-refractivity contribution in [1.29, 1.82) is 0 Å². The molecule has 0 spiro atoms. The van der Waals surface area contributed by atoms with Crippen LogP contribution < -0.4 is 15.0 Å². The van der Waals surface area contributed by atoms with E-state index in [9.17, 15) is 4.79 Å². The lowest BCUT2D eigenvalue weighted by atomic mass is 10.1. The first-order chi connectivity index (χ1) is 13.4. The van der Waals surface area contributed by atoms with Crippen molar-refractivity contribution in [1.82, 2.24) is 4.98 Å². The normalized spacial score (nSPS) is 19.4. The third kappa shape index (κ3) is 5.70. The highest BCUT2D eigenvalue weighted by atomic mass is 16.5. The maximum Gasteiger partial charge on any atom is 0.227 e. The van der Waals surface area contributed by atoms with Crippen LogP contribution in [0.4, 0.5) is 11.5 Å². The Bertz CT molecular complexity index is 777. The van der Waals surface area contributed by atoms with Crippen molar-refractivity contribution in [2.75, 3.05) is 29.9 Å². The lowest BCUT2D eigenvalue weighted by Gasteiger charge is -2.36. The van der Waals surface area contributed by atoms with Crippen LogP contribution in [0.3, 0.4) is 0 Å². The Labute approximate surface area is 166 Å². The van der Waals surface area contributed by atoms with Crippen LogP contribution in [-0.4, -0.2) is 42.8 Å². The standard InChI is InChI=1S/C22H29N3O3/c1-15-9-16(2)11-20(10-15)27-8-7-22(26)24-19-5-6-21(23-12-19)25-13-17(3)28-18(4)14-25/h5-6,9-12,17-18H,7-8,13-14H2,1-4H3,(H,24,26). The lowest BCUT2D eigenvalue weighted by molar-refractivity contribution is -0.116. The molecule has 0 saturated carbocycles. The van der Waals surface area contributed by atoms with E-state index in [1.54, 1.807) is 6.20 Å². The summed E-state index contributed by atoms with van der Waals surface area (Å²) in [6, 6.07) is 9.86. The first kappa shape index (κ1) is 20.1. The van der Waals surface area contributed by atoms with E-state index in [0.29, 0.717) is 12.3 Å². The van der Waals surface area contributed by atoms with Crippen LogP contribution in [0.1, 0.15) is 31.4 Å². The molecule has 1 amide bonds. The van der Waals surface area contributed by atoms with E-state index in [2.05, 4.69) is 35.1 Å². The van der Waals surface area contributed by atoms with E-state index < -0.39 is 0 Å². The van der Waals surface area contributed by atoms with Crippen molar-refractivity contribution in [3.8, 4) is 5.75 Å².